The average Bonchev–Trinajstić information content (AvgIpc) is 4.06. The molecule has 1 saturated carbocycles. The lowest BCUT2D eigenvalue weighted by atomic mass is 9.94. The van der Waals surface area contributed by atoms with Gasteiger partial charge in [0, 0.05) is 40.0 Å². The van der Waals surface area contributed by atoms with Crippen LogP contribution >= 0.6 is 0 Å². The molecule has 1 fully saturated rings. The second-order valence-corrected chi connectivity index (χ2v) is 14.2. The van der Waals surface area contributed by atoms with Gasteiger partial charge in [-0.1, -0.05) is 40.3 Å². The summed E-state index contributed by atoms with van der Waals surface area (Å²) in [6, 6.07) is 9.86. The number of benzene rings is 2. The molecule has 0 saturated heterocycles. The first kappa shape index (κ1) is 45.0. The van der Waals surface area contributed by atoms with E-state index in [0.717, 1.165) is 12.8 Å². The zero-order chi connectivity index (χ0) is 43.4. The second kappa shape index (κ2) is 20.7. The molecule has 1 heterocycles. The van der Waals surface area contributed by atoms with E-state index in [1.807, 2.05) is 0 Å². The normalized spacial score (nSPS) is 13.0. The number of hydrogen-bond acceptors (Lipinski definition) is 15. The summed E-state index contributed by atoms with van der Waals surface area (Å²) in [6.45, 7) is 9.68. The van der Waals surface area contributed by atoms with Crippen molar-refractivity contribution in [2.45, 2.75) is 52.6 Å². The Morgan fingerprint density at radius 3 is 2.02 bits per heavy atom. The van der Waals surface area contributed by atoms with Crippen LogP contribution in [0, 0.1) is 23.2 Å². The molecule has 8 N–H and O–H groups in total. The average molecular weight is 816 g/mol. The molecule has 314 valence electrons. The van der Waals surface area contributed by atoms with Gasteiger partial charge in [-0.05, 0) is 79.1 Å². The molecule has 2 atom stereocenters. The zero-order valence-corrected chi connectivity index (χ0v) is 33.4. The number of amides is 3. The third-order valence-corrected chi connectivity index (χ3v) is 9.12. The summed E-state index contributed by atoms with van der Waals surface area (Å²) in [7, 11) is 1.41. The van der Waals surface area contributed by atoms with E-state index in [2.05, 4.69) is 27.5 Å². The Balaban J connectivity index is 1.58. The van der Waals surface area contributed by atoms with Crippen LogP contribution in [0.4, 0.5) is 10.5 Å². The van der Waals surface area contributed by atoms with Crippen molar-refractivity contribution in [3.05, 3.63) is 83.2 Å². The number of carbonyl (C=O) groups excluding carboxylic acids is 6. The van der Waals surface area contributed by atoms with Crippen LogP contribution < -0.4 is 32.2 Å². The number of esters is 3. The molecular formula is C41H49N7O11. The number of aromatic nitrogens is 1. The number of anilines is 1. The van der Waals surface area contributed by atoms with Gasteiger partial charge in [-0.3, -0.25) is 29.9 Å². The SMILES string of the molecule is C=Cc1cc(C(=O)Nc2ccc(C(=N)NC(=O)OCOC(=O)[C@@H](N)C(C)C)cc2)c(-c2ccc(C(=O)NCC3CC3)nc2C(=O)OCOC(=O)[C@@H](N)C(C)C)cc1OC. The third-order valence-electron chi connectivity index (χ3n) is 9.12. The molecule has 59 heavy (non-hydrogen) atoms. The van der Waals surface area contributed by atoms with Crippen molar-refractivity contribution in [2.24, 2.45) is 29.2 Å². The molecule has 0 aliphatic heterocycles. The number of nitrogens with zero attached hydrogens (tertiary/aromatic N) is 1. The molecule has 0 bridgehead atoms. The summed E-state index contributed by atoms with van der Waals surface area (Å²) in [5.74, 6) is -3.88. The Hall–Kier alpha value is -6.66. The number of nitrogens with one attached hydrogen (secondary N) is 4. The Bertz CT molecular complexity index is 2080. The number of rotatable bonds is 18. The number of alkyl carbamates (subject to hydrolysis) is 1. The number of pyridine rings is 1. The van der Waals surface area contributed by atoms with Crippen LogP contribution in [0.3, 0.4) is 0 Å². The maximum absolute atomic E-state index is 14.0. The van der Waals surface area contributed by atoms with Gasteiger partial charge in [-0.25, -0.2) is 14.6 Å². The fraction of sp³-hybridized carbons (Fsp3) is 0.366. The van der Waals surface area contributed by atoms with Crippen molar-refractivity contribution < 1.29 is 52.5 Å². The zero-order valence-electron chi connectivity index (χ0n) is 33.4. The minimum atomic E-state index is -1.06. The number of ether oxygens (including phenoxy) is 5. The van der Waals surface area contributed by atoms with Gasteiger partial charge >= 0.3 is 24.0 Å². The van der Waals surface area contributed by atoms with E-state index in [4.69, 9.17) is 40.6 Å². The number of nitrogens with two attached hydrogens (primary N) is 2. The van der Waals surface area contributed by atoms with Crippen molar-refractivity contribution >= 4 is 53.4 Å². The van der Waals surface area contributed by atoms with E-state index >= 15 is 0 Å². The predicted molar refractivity (Wildman–Crippen MR) is 215 cm³/mol. The fourth-order valence-electron chi connectivity index (χ4n) is 5.17. The largest absolute Gasteiger partial charge is 0.496 e. The quantitative estimate of drug-likeness (QED) is 0.0459. The molecule has 4 rings (SSSR count). The molecule has 3 aromatic rings. The Morgan fingerprint density at radius 2 is 1.46 bits per heavy atom. The maximum Gasteiger partial charge on any atom is 0.415 e. The topological polar surface area (TPSA) is 273 Å². The number of carbonyl (C=O) groups is 6. The van der Waals surface area contributed by atoms with E-state index in [1.54, 1.807) is 27.7 Å². The van der Waals surface area contributed by atoms with E-state index in [-0.39, 0.29) is 57.0 Å². The minimum Gasteiger partial charge on any atom is -0.496 e. The first-order valence-electron chi connectivity index (χ1n) is 18.6. The summed E-state index contributed by atoms with van der Waals surface area (Å²) < 4.78 is 25.5. The van der Waals surface area contributed by atoms with Crippen LogP contribution in [0.5, 0.6) is 5.75 Å². The number of hydrogen-bond donors (Lipinski definition) is 6. The van der Waals surface area contributed by atoms with E-state index in [0.29, 0.717) is 23.8 Å². The van der Waals surface area contributed by atoms with Crippen LogP contribution in [0.1, 0.15) is 83.0 Å². The Labute approximate surface area is 340 Å². The highest BCUT2D eigenvalue weighted by Gasteiger charge is 2.27. The molecule has 18 nitrogen and oxygen atoms in total. The highest BCUT2D eigenvalue weighted by atomic mass is 16.7. The minimum absolute atomic E-state index is 0.0353. The van der Waals surface area contributed by atoms with Gasteiger partial charge in [0.2, 0.25) is 13.6 Å². The van der Waals surface area contributed by atoms with E-state index < -0.39 is 61.5 Å². The summed E-state index contributed by atoms with van der Waals surface area (Å²) >= 11 is 0. The summed E-state index contributed by atoms with van der Waals surface area (Å²) in [6.07, 6.45) is 2.41. The van der Waals surface area contributed by atoms with Crippen molar-refractivity contribution in [1.82, 2.24) is 15.6 Å². The standard InChI is InChI=1S/C41H49N7O11/c1-7-24-16-29(36(49)46-26-12-10-25(11-13-26)35(44)48-41(54)59-20-57-39(52)33(43)22(4)5)28(17-31(24)55-6)27-14-15-30(37(50)45-18-23-8-9-23)47-34(27)40(53)58-19-56-38(51)32(42)21(2)3/h7,10-17,21-23,32-33H,1,8-9,18-20,42-43H2,2-6H3,(H,45,50)(H,46,49)(H2,44,48,54)/t32-,33-/m0/s1. The summed E-state index contributed by atoms with van der Waals surface area (Å²) in [5, 5.41) is 16.0. The highest BCUT2D eigenvalue weighted by molar-refractivity contribution is 6.11. The molecule has 0 spiro atoms. The summed E-state index contributed by atoms with van der Waals surface area (Å²) in [5.41, 5.74) is 12.3. The van der Waals surface area contributed by atoms with Gasteiger partial charge in [0.25, 0.3) is 11.8 Å². The van der Waals surface area contributed by atoms with Crippen LogP contribution in [0.25, 0.3) is 17.2 Å². The molecular weight excluding hydrogens is 766 g/mol. The van der Waals surface area contributed by atoms with Crippen LogP contribution in [-0.4, -0.2) is 86.0 Å². The summed E-state index contributed by atoms with van der Waals surface area (Å²) in [4.78, 5) is 81.5. The molecule has 0 unspecified atom stereocenters. The van der Waals surface area contributed by atoms with Crippen molar-refractivity contribution in [1.29, 1.82) is 5.41 Å². The van der Waals surface area contributed by atoms with Gasteiger partial charge in [0.15, 0.2) is 5.69 Å². The molecule has 0 radical (unpaired) electrons. The lowest BCUT2D eigenvalue weighted by Crippen LogP contribution is -2.38. The van der Waals surface area contributed by atoms with E-state index in [1.165, 1.54) is 61.7 Å². The van der Waals surface area contributed by atoms with Crippen molar-refractivity contribution in [3.63, 3.8) is 0 Å². The van der Waals surface area contributed by atoms with Crippen molar-refractivity contribution in [3.8, 4) is 16.9 Å². The molecule has 18 heteroatoms. The fourth-order valence-corrected chi connectivity index (χ4v) is 5.17. The molecule has 1 aromatic heterocycles. The molecule has 1 aliphatic carbocycles. The van der Waals surface area contributed by atoms with Gasteiger partial charge in [-0.15, -0.1) is 0 Å². The third kappa shape index (κ3) is 12.4. The molecule has 1 aliphatic rings. The molecule has 2 aromatic carbocycles. The van der Waals surface area contributed by atoms with Crippen LogP contribution in [0.2, 0.25) is 0 Å². The van der Waals surface area contributed by atoms with Crippen molar-refractivity contribution in [2.75, 3.05) is 32.6 Å². The van der Waals surface area contributed by atoms with Crippen LogP contribution in [-0.2, 0) is 28.5 Å². The van der Waals surface area contributed by atoms with E-state index in [9.17, 15) is 28.8 Å². The molecule has 3 amide bonds. The Morgan fingerprint density at radius 1 is 0.847 bits per heavy atom. The first-order chi connectivity index (χ1) is 28.0. The lowest BCUT2D eigenvalue weighted by molar-refractivity contribution is -0.155. The number of amidine groups is 1. The van der Waals surface area contributed by atoms with Gasteiger partial charge in [-0.2, -0.15) is 0 Å². The van der Waals surface area contributed by atoms with Gasteiger partial charge in [0.05, 0.1) is 7.11 Å². The highest BCUT2D eigenvalue weighted by Crippen LogP contribution is 2.35. The Kier molecular flexibility index (Phi) is 15.8. The van der Waals surface area contributed by atoms with Gasteiger partial charge in [0.1, 0.15) is 29.4 Å². The maximum atomic E-state index is 14.0. The number of methoxy groups -OCH3 is 1. The predicted octanol–water partition coefficient (Wildman–Crippen LogP) is 3.97. The lowest BCUT2D eigenvalue weighted by Gasteiger charge is -2.18. The van der Waals surface area contributed by atoms with Gasteiger partial charge < -0.3 is 45.8 Å². The monoisotopic (exact) mass is 815 g/mol. The van der Waals surface area contributed by atoms with Crippen LogP contribution in [0.15, 0.2) is 55.1 Å². The first-order valence-corrected chi connectivity index (χ1v) is 18.6. The second-order valence-electron chi connectivity index (χ2n) is 14.2. The smallest absolute Gasteiger partial charge is 0.415 e.